The van der Waals surface area contributed by atoms with Gasteiger partial charge in [0.2, 0.25) is 0 Å². The van der Waals surface area contributed by atoms with Crippen LogP contribution >= 0.6 is 0 Å². The molecule has 0 aliphatic heterocycles. The minimum atomic E-state index is -0.815. The molecule has 0 saturated carbocycles. The van der Waals surface area contributed by atoms with E-state index in [4.69, 9.17) is 5.84 Å². The maximum absolute atomic E-state index is 13.4. The highest BCUT2D eigenvalue weighted by atomic mass is 19.1. The van der Waals surface area contributed by atoms with Crippen molar-refractivity contribution in [3.63, 3.8) is 0 Å². The van der Waals surface area contributed by atoms with E-state index in [-0.39, 0.29) is 11.6 Å². The van der Waals surface area contributed by atoms with Gasteiger partial charge >= 0.3 is 0 Å². The van der Waals surface area contributed by atoms with Gasteiger partial charge in [-0.15, -0.1) is 0 Å². The first kappa shape index (κ1) is 14.6. The Morgan fingerprint density at radius 1 is 1.22 bits per heavy atom. The predicted octanol–water partition coefficient (Wildman–Crippen LogP) is 1.40. The summed E-state index contributed by atoms with van der Waals surface area (Å²) in [5.41, 5.74) is 2.08. The zero-order chi connectivity index (χ0) is 13.5. The summed E-state index contributed by atoms with van der Waals surface area (Å²) in [6.45, 7) is 7.24. The van der Waals surface area contributed by atoms with Gasteiger partial charge in [0.05, 0.1) is 0 Å². The number of nitrogens with one attached hydrogen (secondary N) is 2. The first-order chi connectivity index (χ1) is 8.62. The standard InChI is InChI=1S/C11H19F2N5/c1-3-18(4-2)6-5-15-10-8(12)7-9(13)11(16-10)17-14/h7H,3-6,14H2,1-2H3,(H2,15,16,17). The Morgan fingerprint density at radius 2 is 1.83 bits per heavy atom. The first-order valence-electron chi connectivity index (χ1n) is 5.91. The van der Waals surface area contributed by atoms with Crippen LogP contribution in [0.3, 0.4) is 0 Å². The Kier molecular flexibility index (Phi) is 5.73. The third-order valence-corrected chi connectivity index (χ3v) is 2.68. The maximum atomic E-state index is 13.4. The highest BCUT2D eigenvalue weighted by Gasteiger charge is 2.10. The second kappa shape index (κ2) is 7.07. The van der Waals surface area contributed by atoms with E-state index in [2.05, 4.69) is 34.5 Å². The largest absolute Gasteiger partial charge is 0.366 e. The van der Waals surface area contributed by atoms with Gasteiger partial charge < -0.3 is 15.6 Å². The lowest BCUT2D eigenvalue weighted by Gasteiger charge is -2.18. The van der Waals surface area contributed by atoms with Crippen molar-refractivity contribution in [1.82, 2.24) is 9.88 Å². The van der Waals surface area contributed by atoms with Crippen molar-refractivity contribution < 1.29 is 8.78 Å². The molecule has 1 heterocycles. The van der Waals surface area contributed by atoms with Gasteiger partial charge in [-0.1, -0.05) is 13.8 Å². The number of nitrogen functional groups attached to an aromatic ring is 1. The van der Waals surface area contributed by atoms with Crippen molar-refractivity contribution in [2.24, 2.45) is 5.84 Å². The SMILES string of the molecule is CCN(CC)CCNc1nc(NN)c(F)cc1F. The number of nitrogens with zero attached hydrogens (tertiary/aromatic N) is 2. The van der Waals surface area contributed by atoms with E-state index >= 15 is 0 Å². The Bertz CT molecular complexity index is 382. The fourth-order valence-corrected chi connectivity index (χ4v) is 1.56. The molecule has 102 valence electrons. The average Bonchev–Trinajstić information content (AvgIpc) is 2.37. The van der Waals surface area contributed by atoms with Crippen molar-refractivity contribution in [2.45, 2.75) is 13.8 Å². The topological polar surface area (TPSA) is 66.2 Å². The van der Waals surface area contributed by atoms with Crippen LogP contribution in [0.15, 0.2) is 6.07 Å². The van der Waals surface area contributed by atoms with Gasteiger partial charge in [0.1, 0.15) is 0 Å². The highest BCUT2D eigenvalue weighted by Crippen LogP contribution is 2.17. The fraction of sp³-hybridized carbons (Fsp3) is 0.545. The van der Waals surface area contributed by atoms with Crippen LogP contribution in [0, 0.1) is 11.6 Å². The van der Waals surface area contributed by atoms with Crippen LogP contribution in [-0.4, -0.2) is 36.1 Å². The number of anilines is 2. The van der Waals surface area contributed by atoms with Crippen LogP contribution in [0.4, 0.5) is 20.4 Å². The minimum Gasteiger partial charge on any atom is -0.366 e. The molecule has 1 aromatic rings. The van der Waals surface area contributed by atoms with Crippen molar-refractivity contribution in [2.75, 3.05) is 36.9 Å². The number of nitrogens with two attached hydrogens (primary N) is 1. The lowest BCUT2D eigenvalue weighted by Crippen LogP contribution is -2.29. The molecule has 0 aromatic carbocycles. The number of hydrogen-bond acceptors (Lipinski definition) is 5. The van der Waals surface area contributed by atoms with E-state index in [0.717, 1.165) is 25.7 Å². The number of rotatable bonds is 7. The summed E-state index contributed by atoms with van der Waals surface area (Å²) in [5, 5.41) is 2.82. The number of hydrogen-bond donors (Lipinski definition) is 3. The molecule has 0 saturated heterocycles. The van der Waals surface area contributed by atoms with Gasteiger partial charge in [-0.05, 0) is 13.1 Å². The van der Waals surface area contributed by atoms with Crippen molar-refractivity contribution >= 4 is 11.6 Å². The molecule has 0 unspecified atom stereocenters. The van der Waals surface area contributed by atoms with Crippen LogP contribution in [0.25, 0.3) is 0 Å². The normalized spacial score (nSPS) is 10.8. The first-order valence-corrected chi connectivity index (χ1v) is 5.91. The van der Waals surface area contributed by atoms with E-state index < -0.39 is 11.6 Å². The van der Waals surface area contributed by atoms with Crippen LogP contribution in [0.2, 0.25) is 0 Å². The summed E-state index contributed by atoms with van der Waals surface area (Å²) < 4.78 is 26.5. The van der Waals surface area contributed by atoms with Crippen LogP contribution in [0.5, 0.6) is 0 Å². The number of likely N-dealkylation sites (N-methyl/N-ethyl adjacent to an activating group) is 1. The van der Waals surface area contributed by atoms with Crippen molar-refractivity contribution in [1.29, 1.82) is 0 Å². The molecule has 4 N–H and O–H groups in total. The van der Waals surface area contributed by atoms with Crippen molar-refractivity contribution in [3.8, 4) is 0 Å². The van der Waals surface area contributed by atoms with E-state index in [1.807, 2.05) is 0 Å². The van der Waals surface area contributed by atoms with Gasteiger partial charge in [-0.2, -0.15) is 0 Å². The third kappa shape index (κ3) is 3.78. The molecule has 0 spiro atoms. The summed E-state index contributed by atoms with van der Waals surface area (Å²) in [4.78, 5) is 5.90. The molecule has 0 aliphatic carbocycles. The maximum Gasteiger partial charge on any atom is 0.178 e. The molecule has 0 aliphatic rings. The quantitative estimate of drug-likeness (QED) is 0.510. The second-order valence-electron chi connectivity index (χ2n) is 3.75. The lowest BCUT2D eigenvalue weighted by molar-refractivity contribution is 0.315. The summed E-state index contributed by atoms with van der Waals surface area (Å²) in [5.74, 6) is 3.35. The highest BCUT2D eigenvalue weighted by molar-refractivity contribution is 5.46. The summed E-state index contributed by atoms with van der Waals surface area (Å²) >= 11 is 0. The zero-order valence-corrected chi connectivity index (χ0v) is 10.6. The number of aromatic nitrogens is 1. The van der Waals surface area contributed by atoms with E-state index in [0.29, 0.717) is 6.54 Å². The summed E-state index contributed by atoms with van der Waals surface area (Å²) in [7, 11) is 0. The molecule has 0 radical (unpaired) electrons. The molecule has 0 atom stereocenters. The molecule has 0 amide bonds. The number of pyridine rings is 1. The lowest BCUT2D eigenvalue weighted by atomic mass is 10.4. The predicted molar refractivity (Wildman–Crippen MR) is 68.2 cm³/mol. The molecule has 0 bridgehead atoms. The monoisotopic (exact) mass is 259 g/mol. The molecule has 7 heteroatoms. The summed E-state index contributed by atoms with van der Waals surface area (Å²) in [6, 6.07) is 0.752. The number of hydrazine groups is 1. The molecule has 1 rings (SSSR count). The smallest absolute Gasteiger partial charge is 0.178 e. The van der Waals surface area contributed by atoms with E-state index in [1.165, 1.54) is 0 Å². The molecule has 5 nitrogen and oxygen atoms in total. The Hall–Kier alpha value is -1.47. The van der Waals surface area contributed by atoms with Crippen LogP contribution in [-0.2, 0) is 0 Å². The van der Waals surface area contributed by atoms with Gasteiger partial charge in [0, 0.05) is 19.2 Å². The van der Waals surface area contributed by atoms with Crippen LogP contribution in [0.1, 0.15) is 13.8 Å². The Morgan fingerprint density at radius 3 is 2.39 bits per heavy atom. The fourth-order valence-electron chi connectivity index (χ4n) is 1.56. The van der Waals surface area contributed by atoms with E-state index in [1.54, 1.807) is 0 Å². The second-order valence-corrected chi connectivity index (χ2v) is 3.75. The van der Waals surface area contributed by atoms with Gasteiger partial charge in [0.25, 0.3) is 0 Å². The van der Waals surface area contributed by atoms with Gasteiger partial charge in [-0.3, -0.25) is 0 Å². The van der Waals surface area contributed by atoms with Gasteiger partial charge in [0.15, 0.2) is 23.3 Å². The molecular formula is C11H19F2N5. The minimum absolute atomic E-state index is 0.00324. The molecule has 18 heavy (non-hydrogen) atoms. The number of halogens is 2. The Balaban J connectivity index is 2.61. The molecular weight excluding hydrogens is 240 g/mol. The van der Waals surface area contributed by atoms with E-state index in [9.17, 15) is 8.78 Å². The third-order valence-electron chi connectivity index (χ3n) is 2.68. The van der Waals surface area contributed by atoms with Gasteiger partial charge in [-0.25, -0.2) is 19.6 Å². The van der Waals surface area contributed by atoms with Crippen LogP contribution < -0.4 is 16.6 Å². The Labute approximate surface area is 105 Å². The molecule has 0 fully saturated rings. The van der Waals surface area contributed by atoms with Crippen molar-refractivity contribution in [3.05, 3.63) is 17.7 Å². The average molecular weight is 259 g/mol. The molecule has 1 aromatic heterocycles. The summed E-state index contributed by atoms with van der Waals surface area (Å²) in [6.07, 6.45) is 0. The zero-order valence-electron chi connectivity index (χ0n) is 10.6.